The summed E-state index contributed by atoms with van der Waals surface area (Å²) in [4.78, 5) is 9.69. The first-order valence-electron chi connectivity index (χ1n) is 4.76. The van der Waals surface area contributed by atoms with Gasteiger partial charge in [0.15, 0.2) is 0 Å². The number of allylic oxidation sites excluding steroid dienone is 4. The molecule has 0 aliphatic rings. The van der Waals surface area contributed by atoms with Crippen LogP contribution in [-0.2, 0) is 0 Å². The van der Waals surface area contributed by atoms with Crippen molar-refractivity contribution >= 4 is 0 Å². The molecule has 0 spiro atoms. The summed E-state index contributed by atoms with van der Waals surface area (Å²) >= 11 is 0. The molecule has 3 nitrogen and oxygen atoms in total. The summed E-state index contributed by atoms with van der Waals surface area (Å²) in [6, 6.07) is 0. The van der Waals surface area contributed by atoms with Crippen molar-refractivity contribution in [3.05, 3.63) is 46.6 Å². The van der Waals surface area contributed by atoms with Crippen LogP contribution in [0, 0.1) is 10.1 Å². The third-order valence-corrected chi connectivity index (χ3v) is 1.35. The van der Waals surface area contributed by atoms with E-state index in [1.54, 1.807) is 6.08 Å². The lowest BCUT2D eigenvalue weighted by atomic mass is 10.2. The van der Waals surface area contributed by atoms with Crippen LogP contribution in [0.4, 0.5) is 0 Å². The van der Waals surface area contributed by atoms with Crippen molar-refractivity contribution in [2.45, 2.75) is 27.2 Å². The zero-order valence-corrected chi connectivity index (χ0v) is 9.19. The van der Waals surface area contributed by atoms with Gasteiger partial charge in [0.1, 0.15) is 0 Å². The normalized spacial score (nSPS) is 10.6. The minimum atomic E-state index is -0.326. The van der Waals surface area contributed by atoms with Crippen LogP contribution in [0.15, 0.2) is 36.5 Å². The summed E-state index contributed by atoms with van der Waals surface area (Å²) < 4.78 is 0. The molecular formula is C11H19NO2. The number of rotatable bonds is 5. The summed E-state index contributed by atoms with van der Waals surface area (Å²) in [5.74, 6) is 0. The number of hydrogen-bond acceptors (Lipinski definition) is 2. The van der Waals surface area contributed by atoms with Crippen molar-refractivity contribution in [2.75, 3.05) is 6.54 Å². The summed E-state index contributed by atoms with van der Waals surface area (Å²) in [5.41, 5.74) is 0.893. The Morgan fingerprint density at radius 3 is 2.43 bits per heavy atom. The molecule has 0 heterocycles. The molecule has 0 unspecified atom stereocenters. The second-order valence-corrected chi connectivity index (χ2v) is 2.28. The van der Waals surface area contributed by atoms with Crippen LogP contribution >= 0.6 is 0 Å². The summed E-state index contributed by atoms with van der Waals surface area (Å²) in [7, 11) is 0. The Morgan fingerprint density at radius 1 is 1.50 bits per heavy atom. The van der Waals surface area contributed by atoms with E-state index in [2.05, 4.69) is 6.58 Å². The molecule has 3 heteroatoms. The third kappa shape index (κ3) is 10.6. The smallest absolute Gasteiger partial charge is 0.207 e. The van der Waals surface area contributed by atoms with Crippen LogP contribution in [0.1, 0.15) is 27.2 Å². The molecule has 0 aliphatic carbocycles. The van der Waals surface area contributed by atoms with Gasteiger partial charge in [-0.3, -0.25) is 10.1 Å². The van der Waals surface area contributed by atoms with Gasteiger partial charge in [-0.1, -0.05) is 44.7 Å². The Morgan fingerprint density at radius 2 is 2.07 bits per heavy atom. The SMILES string of the molecule is C=C/C(=C\C=C/C)CC[N+](=O)[O-].CC. The van der Waals surface area contributed by atoms with Crippen molar-refractivity contribution in [3.63, 3.8) is 0 Å². The monoisotopic (exact) mass is 197 g/mol. The Labute approximate surface area is 86.0 Å². The van der Waals surface area contributed by atoms with Crippen molar-refractivity contribution in [2.24, 2.45) is 0 Å². The van der Waals surface area contributed by atoms with E-state index in [1.165, 1.54) is 0 Å². The molecule has 0 saturated carbocycles. The van der Waals surface area contributed by atoms with Crippen molar-refractivity contribution < 1.29 is 4.92 Å². The van der Waals surface area contributed by atoms with Crippen LogP contribution in [0.2, 0.25) is 0 Å². The summed E-state index contributed by atoms with van der Waals surface area (Å²) in [5, 5.41) is 10.0. The molecule has 80 valence electrons. The second-order valence-electron chi connectivity index (χ2n) is 2.28. The molecule has 0 N–H and O–H groups in total. The Bertz CT molecular complexity index is 217. The average Bonchev–Trinajstić information content (AvgIpc) is 2.21. The molecule has 14 heavy (non-hydrogen) atoms. The molecule has 0 amide bonds. The van der Waals surface area contributed by atoms with Gasteiger partial charge >= 0.3 is 0 Å². The van der Waals surface area contributed by atoms with E-state index < -0.39 is 0 Å². The Kier molecular flexibility index (Phi) is 12.5. The topological polar surface area (TPSA) is 43.1 Å². The lowest BCUT2D eigenvalue weighted by Crippen LogP contribution is -2.00. The molecule has 0 aromatic heterocycles. The highest BCUT2D eigenvalue weighted by Crippen LogP contribution is 2.02. The van der Waals surface area contributed by atoms with Gasteiger partial charge < -0.3 is 0 Å². The maximum absolute atomic E-state index is 10.0. The van der Waals surface area contributed by atoms with Crippen LogP contribution in [0.3, 0.4) is 0 Å². The van der Waals surface area contributed by atoms with Gasteiger partial charge in [-0.05, 0) is 12.5 Å². The fourth-order valence-corrected chi connectivity index (χ4v) is 0.694. The van der Waals surface area contributed by atoms with Gasteiger partial charge in [0.25, 0.3) is 0 Å². The molecule has 0 radical (unpaired) electrons. The number of nitrogens with zero attached hydrogens (tertiary/aromatic N) is 1. The van der Waals surface area contributed by atoms with Gasteiger partial charge in [0.05, 0.1) is 0 Å². The summed E-state index contributed by atoms with van der Waals surface area (Å²) in [6.07, 6.45) is 7.63. The highest BCUT2D eigenvalue weighted by Gasteiger charge is 1.97. The highest BCUT2D eigenvalue weighted by atomic mass is 16.6. The standard InChI is InChI=1S/C9H13NO2.C2H6/c1-3-5-6-9(4-2)7-8-10(11)12;1-2/h3-6H,2,7-8H2,1H3;1-2H3/b5-3-,9-6+;. The van der Waals surface area contributed by atoms with Crippen LogP contribution in [0.25, 0.3) is 0 Å². The molecule has 0 saturated heterocycles. The largest absolute Gasteiger partial charge is 0.265 e. The van der Waals surface area contributed by atoms with Crippen LogP contribution in [-0.4, -0.2) is 11.5 Å². The quantitative estimate of drug-likeness (QED) is 0.385. The lowest BCUT2D eigenvalue weighted by Gasteiger charge is -1.94. The van der Waals surface area contributed by atoms with E-state index in [0.717, 1.165) is 5.57 Å². The van der Waals surface area contributed by atoms with E-state index in [-0.39, 0.29) is 11.5 Å². The fourth-order valence-electron chi connectivity index (χ4n) is 0.694. The first-order chi connectivity index (χ1) is 6.70. The van der Waals surface area contributed by atoms with E-state index >= 15 is 0 Å². The molecule has 0 fully saturated rings. The van der Waals surface area contributed by atoms with Crippen molar-refractivity contribution in [1.29, 1.82) is 0 Å². The first kappa shape index (κ1) is 15.1. The third-order valence-electron chi connectivity index (χ3n) is 1.35. The minimum absolute atomic E-state index is 0.0323. The van der Waals surface area contributed by atoms with Gasteiger partial charge in [-0.25, -0.2) is 0 Å². The highest BCUT2D eigenvalue weighted by molar-refractivity contribution is 5.21. The summed E-state index contributed by atoms with van der Waals surface area (Å²) in [6.45, 7) is 9.43. The molecule has 0 aliphatic heterocycles. The molecule has 0 bridgehead atoms. The zero-order chi connectivity index (χ0) is 11.4. The Balaban J connectivity index is 0. The van der Waals surface area contributed by atoms with Gasteiger partial charge in [0, 0.05) is 11.3 Å². The predicted octanol–water partition coefficient (Wildman–Crippen LogP) is 3.37. The maximum atomic E-state index is 10.0. The second kappa shape index (κ2) is 11.6. The van der Waals surface area contributed by atoms with E-state index in [9.17, 15) is 10.1 Å². The molecule has 0 aromatic rings. The molecule has 0 rings (SSSR count). The fraction of sp³-hybridized carbons (Fsp3) is 0.455. The average molecular weight is 197 g/mol. The van der Waals surface area contributed by atoms with E-state index in [1.807, 2.05) is 39.0 Å². The lowest BCUT2D eigenvalue weighted by molar-refractivity contribution is -0.479. The van der Waals surface area contributed by atoms with Crippen molar-refractivity contribution in [3.8, 4) is 0 Å². The van der Waals surface area contributed by atoms with Gasteiger partial charge in [-0.2, -0.15) is 0 Å². The number of nitro groups is 1. The number of hydrogen-bond donors (Lipinski definition) is 0. The molecular weight excluding hydrogens is 178 g/mol. The predicted molar refractivity (Wildman–Crippen MR) is 60.9 cm³/mol. The van der Waals surface area contributed by atoms with E-state index in [4.69, 9.17) is 0 Å². The van der Waals surface area contributed by atoms with Gasteiger partial charge in [-0.15, -0.1) is 0 Å². The van der Waals surface area contributed by atoms with Crippen LogP contribution in [0.5, 0.6) is 0 Å². The van der Waals surface area contributed by atoms with Crippen molar-refractivity contribution in [1.82, 2.24) is 0 Å². The van der Waals surface area contributed by atoms with E-state index in [0.29, 0.717) is 6.42 Å². The first-order valence-corrected chi connectivity index (χ1v) is 4.76. The van der Waals surface area contributed by atoms with Gasteiger partial charge in [0.2, 0.25) is 6.54 Å². The molecule has 0 aromatic carbocycles. The minimum Gasteiger partial charge on any atom is -0.265 e. The maximum Gasteiger partial charge on any atom is 0.207 e. The molecule has 0 atom stereocenters. The zero-order valence-electron chi connectivity index (χ0n) is 9.19. The van der Waals surface area contributed by atoms with Crippen LogP contribution < -0.4 is 0 Å². The Hall–Kier alpha value is -1.38.